The van der Waals surface area contributed by atoms with Crippen molar-refractivity contribution in [3.63, 3.8) is 0 Å². The van der Waals surface area contributed by atoms with Crippen molar-refractivity contribution in [2.45, 2.75) is 100 Å². The molecule has 0 saturated heterocycles. The van der Waals surface area contributed by atoms with E-state index in [0.29, 0.717) is 0 Å². The molecule has 0 aromatic carbocycles. The minimum Gasteiger partial charge on any atom is -0.425 e. The molecule has 2 amide bonds. The summed E-state index contributed by atoms with van der Waals surface area (Å²) in [5, 5.41) is 25.5. The molecule has 0 rings (SSSR count). The fourth-order valence-corrected chi connectivity index (χ4v) is 5.53. The summed E-state index contributed by atoms with van der Waals surface area (Å²) in [7, 11) is -8.48. The number of amides is 2. The molecule has 20 heteroatoms. The summed E-state index contributed by atoms with van der Waals surface area (Å²) in [6, 6.07) is 0. The van der Waals surface area contributed by atoms with Gasteiger partial charge in [-0.1, -0.05) is 55.4 Å². The van der Waals surface area contributed by atoms with E-state index < -0.39 is 123 Å². The highest BCUT2D eigenvalue weighted by Gasteiger charge is 2.33. The molecule has 0 heterocycles. The van der Waals surface area contributed by atoms with Gasteiger partial charge in [0.05, 0.1) is 48.8 Å². The zero-order valence-corrected chi connectivity index (χ0v) is 31.5. The summed E-state index contributed by atoms with van der Waals surface area (Å²) >= 11 is 0. The average molecular weight is 751 g/mol. The highest BCUT2D eigenvalue weighted by Crippen LogP contribution is 2.23. The number of rotatable bonds is 22. The van der Waals surface area contributed by atoms with Crippen LogP contribution in [0.4, 0.5) is 9.59 Å². The van der Waals surface area contributed by atoms with E-state index in [1.807, 2.05) is 0 Å². The Balaban J connectivity index is 4.68. The first-order valence-corrected chi connectivity index (χ1v) is 18.8. The molecule has 0 aliphatic carbocycles. The minimum atomic E-state index is -4.24. The van der Waals surface area contributed by atoms with Crippen LogP contribution in [0.2, 0.25) is 0 Å². The molecule has 0 spiro atoms. The third-order valence-corrected chi connectivity index (χ3v) is 9.28. The van der Waals surface area contributed by atoms with Crippen LogP contribution in [0.3, 0.4) is 0 Å². The highest BCUT2D eigenvalue weighted by atomic mass is 32.2. The zero-order chi connectivity index (χ0) is 38.4. The van der Waals surface area contributed by atoms with Crippen LogP contribution >= 0.6 is 0 Å². The van der Waals surface area contributed by atoms with Crippen molar-refractivity contribution in [3.05, 3.63) is 0 Å². The summed E-state index contributed by atoms with van der Waals surface area (Å²) in [6.45, 7) is 13.3. The number of esters is 2. The Hall–Kier alpha value is -2.78. The fraction of sp³-hybridized carbons (Fsp3) is 0.862. The SMILES string of the molecule is CC(OC(=O)NCC(O)C(C)(C)COS(=O)(=O)CCCS(=O)(=O)OCC(C)(C)C(O)CNC(=O)OC(C)OC(=O)C(C)C)OC(=O)C(C)C. The Morgan fingerprint density at radius 1 is 0.592 bits per heavy atom. The van der Waals surface area contributed by atoms with Crippen molar-refractivity contribution in [1.29, 1.82) is 0 Å². The van der Waals surface area contributed by atoms with E-state index in [1.54, 1.807) is 27.7 Å². The van der Waals surface area contributed by atoms with E-state index in [-0.39, 0.29) is 13.1 Å². The first-order valence-electron chi connectivity index (χ1n) is 15.6. The van der Waals surface area contributed by atoms with Gasteiger partial charge in [0.1, 0.15) is 0 Å². The van der Waals surface area contributed by atoms with Gasteiger partial charge in [-0.3, -0.25) is 18.0 Å². The van der Waals surface area contributed by atoms with Crippen LogP contribution in [0.25, 0.3) is 0 Å². The second-order valence-electron chi connectivity index (χ2n) is 13.3. The molecule has 0 saturated carbocycles. The molecule has 288 valence electrons. The number of carbonyl (C=O) groups excluding carboxylic acids is 4. The number of hydrogen-bond donors (Lipinski definition) is 4. The summed E-state index contributed by atoms with van der Waals surface area (Å²) < 4.78 is 79.2. The van der Waals surface area contributed by atoms with Gasteiger partial charge in [0.25, 0.3) is 20.2 Å². The van der Waals surface area contributed by atoms with Gasteiger partial charge in [-0.15, -0.1) is 0 Å². The largest absolute Gasteiger partial charge is 0.425 e. The standard InChI is InChI=1S/C29H54N2O16S2/c1-18(2)24(34)44-20(5)46-26(36)30-14-22(32)28(7,8)16-42-48(38,39)12-11-13-49(40,41)43-17-29(9,10)23(33)15-31-27(37)47-21(6)45-25(35)19(3)4/h18-23,32-33H,11-17H2,1-10H3,(H,30,36)(H,31,37). The Kier molecular flexibility index (Phi) is 19.0. The number of nitrogens with one attached hydrogen (secondary N) is 2. The molecular formula is C29H54N2O16S2. The molecule has 0 aliphatic rings. The molecule has 0 bridgehead atoms. The smallest absolute Gasteiger partial charge is 0.410 e. The second kappa shape index (κ2) is 20.2. The zero-order valence-electron chi connectivity index (χ0n) is 29.8. The quantitative estimate of drug-likeness (QED) is 0.0692. The van der Waals surface area contributed by atoms with E-state index in [4.69, 9.17) is 27.3 Å². The summed E-state index contributed by atoms with van der Waals surface area (Å²) in [5.74, 6) is -3.39. The van der Waals surface area contributed by atoms with Crippen molar-refractivity contribution in [1.82, 2.24) is 10.6 Å². The van der Waals surface area contributed by atoms with E-state index in [2.05, 4.69) is 10.6 Å². The van der Waals surface area contributed by atoms with Crippen LogP contribution < -0.4 is 10.6 Å². The van der Waals surface area contributed by atoms with Gasteiger partial charge in [-0.25, -0.2) is 9.59 Å². The lowest BCUT2D eigenvalue weighted by atomic mass is 9.87. The van der Waals surface area contributed by atoms with Gasteiger partial charge in [-0.2, -0.15) is 16.8 Å². The summed E-state index contributed by atoms with van der Waals surface area (Å²) in [6.07, 6.45) is -7.31. The van der Waals surface area contributed by atoms with E-state index in [1.165, 1.54) is 41.5 Å². The molecule has 0 aromatic heterocycles. The average Bonchev–Trinajstić information content (AvgIpc) is 2.96. The minimum absolute atomic E-state index is 0.352. The number of carbonyl (C=O) groups is 4. The van der Waals surface area contributed by atoms with Crippen molar-refractivity contribution in [2.75, 3.05) is 37.8 Å². The van der Waals surface area contributed by atoms with E-state index >= 15 is 0 Å². The molecule has 0 aromatic rings. The van der Waals surface area contributed by atoms with Crippen LogP contribution in [0, 0.1) is 22.7 Å². The molecule has 49 heavy (non-hydrogen) atoms. The first-order chi connectivity index (χ1) is 22.2. The predicted molar refractivity (Wildman–Crippen MR) is 173 cm³/mol. The third kappa shape index (κ3) is 19.9. The number of aliphatic hydroxyl groups is 2. The topological polar surface area (TPSA) is 256 Å². The van der Waals surface area contributed by atoms with Gasteiger partial charge in [-0.05, 0) is 6.42 Å². The molecule has 18 nitrogen and oxygen atoms in total. The van der Waals surface area contributed by atoms with Gasteiger partial charge < -0.3 is 39.8 Å². The van der Waals surface area contributed by atoms with Gasteiger partial charge in [0, 0.05) is 37.8 Å². The Morgan fingerprint density at radius 3 is 1.18 bits per heavy atom. The molecular weight excluding hydrogens is 696 g/mol. The van der Waals surface area contributed by atoms with Crippen LogP contribution in [0.1, 0.15) is 75.7 Å². The monoisotopic (exact) mass is 750 g/mol. The Morgan fingerprint density at radius 2 is 0.898 bits per heavy atom. The fourth-order valence-electron chi connectivity index (χ4n) is 3.15. The van der Waals surface area contributed by atoms with Gasteiger partial charge in [0.2, 0.25) is 12.6 Å². The lowest BCUT2D eigenvalue weighted by Crippen LogP contribution is -2.44. The summed E-state index contributed by atoms with van der Waals surface area (Å²) in [4.78, 5) is 47.0. The van der Waals surface area contributed by atoms with Crippen LogP contribution in [0.5, 0.6) is 0 Å². The van der Waals surface area contributed by atoms with E-state index in [0.717, 1.165) is 0 Å². The van der Waals surface area contributed by atoms with E-state index in [9.17, 15) is 46.2 Å². The normalized spacial score (nSPS) is 15.1. The molecule has 0 aliphatic heterocycles. The Bertz CT molecular complexity index is 1200. The number of ether oxygens (including phenoxy) is 4. The lowest BCUT2D eigenvalue weighted by Gasteiger charge is -2.30. The van der Waals surface area contributed by atoms with Gasteiger partial charge >= 0.3 is 24.1 Å². The van der Waals surface area contributed by atoms with Crippen molar-refractivity contribution >= 4 is 44.4 Å². The second-order valence-corrected chi connectivity index (χ2v) is 16.8. The van der Waals surface area contributed by atoms with Gasteiger partial charge in [0.15, 0.2) is 0 Å². The molecule has 4 N–H and O–H groups in total. The molecule has 0 fully saturated rings. The first kappa shape index (κ1) is 46.2. The third-order valence-electron chi connectivity index (χ3n) is 6.75. The number of hydrogen-bond acceptors (Lipinski definition) is 16. The maximum absolute atomic E-state index is 12.4. The van der Waals surface area contributed by atoms with Crippen LogP contribution in [-0.4, -0.2) is 114 Å². The van der Waals surface area contributed by atoms with Crippen molar-refractivity contribution < 1.29 is 73.5 Å². The molecule has 4 atom stereocenters. The van der Waals surface area contributed by atoms with Crippen LogP contribution in [-0.2, 0) is 57.1 Å². The predicted octanol–water partition coefficient (Wildman–Crippen LogP) is 1.39. The van der Waals surface area contributed by atoms with Crippen molar-refractivity contribution in [3.8, 4) is 0 Å². The summed E-state index contributed by atoms with van der Waals surface area (Å²) in [5.41, 5.74) is -2.38. The number of alkyl carbamates (subject to hydrolysis) is 2. The molecule has 4 unspecified atom stereocenters. The lowest BCUT2D eigenvalue weighted by molar-refractivity contribution is -0.170. The van der Waals surface area contributed by atoms with Crippen LogP contribution in [0.15, 0.2) is 0 Å². The maximum Gasteiger partial charge on any atom is 0.410 e. The van der Waals surface area contributed by atoms with Crippen molar-refractivity contribution in [2.24, 2.45) is 22.7 Å². The molecule has 0 radical (unpaired) electrons. The highest BCUT2D eigenvalue weighted by molar-refractivity contribution is 7.87. The maximum atomic E-state index is 12.4. The Labute approximate surface area is 289 Å². The number of aliphatic hydroxyl groups excluding tert-OH is 2.